The molecule has 3 saturated carbocycles. The van der Waals surface area contributed by atoms with Gasteiger partial charge in [-0.25, -0.2) is 8.78 Å². The van der Waals surface area contributed by atoms with Crippen LogP contribution in [0.5, 0.6) is 0 Å². The molecular formula is C28H46F2O2. The summed E-state index contributed by atoms with van der Waals surface area (Å²) in [7, 11) is 0. The molecule has 0 aromatic rings. The van der Waals surface area contributed by atoms with Crippen LogP contribution in [0.3, 0.4) is 0 Å². The molecule has 0 bridgehead atoms. The first-order valence-electron chi connectivity index (χ1n) is 13.3. The second-order valence-electron chi connectivity index (χ2n) is 12.6. The molecule has 0 amide bonds. The quantitative estimate of drug-likeness (QED) is 0.426. The Kier molecular flexibility index (Phi) is 6.41. The van der Waals surface area contributed by atoms with Gasteiger partial charge in [0.05, 0.1) is 5.60 Å². The molecule has 0 aliphatic heterocycles. The zero-order valence-electron chi connectivity index (χ0n) is 21.0. The minimum atomic E-state index is -2.54. The molecule has 0 unspecified atom stereocenters. The van der Waals surface area contributed by atoms with Gasteiger partial charge in [-0.15, -0.1) is 0 Å². The van der Waals surface area contributed by atoms with E-state index in [0.29, 0.717) is 36.5 Å². The van der Waals surface area contributed by atoms with E-state index in [1.165, 1.54) is 12.0 Å². The molecule has 184 valence electrons. The van der Waals surface area contributed by atoms with Crippen LogP contribution in [0.15, 0.2) is 11.6 Å². The standard InChI is InChI=1S/C28H46F2O2/c1-6-27(32)16-19-8-9-21-23-11-10-22(18(3)14-28(29,30)7-2)25(23,4)13-12-24(21)26(19,5)15-20(27)17-31/h8,18,20-24,31-32H,6-7,9-17H2,1-5H3/t18-,20-,21+,22-,23+,24+,25-,26+,27-/m1/s1. The van der Waals surface area contributed by atoms with Crippen LogP contribution in [0, 0.1) is 46.3 Å². The molecule has 0 radical (unpaired) electrons. The molecular weight excluding hydrogens is 406 g/mol. The predicted octanol–water partition coefficient (Wildman–Crippen LogP) is 7.00. The highest BCUT2D eigenvalue weighted by atomic mass is 19.3. The second-order valence-corrected chi connectivity index (χ2v) is 12.6. The minimum absolute atomic E-state index is 0.0279. The number of hydrogen-bond donors (Lipinski definition) is 2. The van der Waals surface area contributed by atoms with E-state index in [1.807, 2.05) is 6.92 Å². The zero-order valence-corrected chi connectivity index (χ0v) is 21.0. The van der Waals surface area contributed by atoms with E-state index < -0.39 is 11.5 Å². The molecule has 4 aliphatic rings. The first kappa shape index (κ1) is 24.6. The van der Waals surface area contributed by atoms with Crippen LogP contribution in [-0.2, 0) is 0 Å². The fourth-order valence-electron chi connectivity index (χ4n) is 9.27. The first-order valence-corrected chi connectivity index (χ1v) is 13.3. The summed E-state index contributed by atoms with van der Waals surface area (Å²) >= 11 is 0. The molecule has 4 heteroatoms. The number of hydrogen-bond acceptors (Lipinski definition) is 2. The van der Waals surface area contributed by atoms with E-state index >= 15 is 0 Å². The highest BCUT2D eigenvalue weighted by Crippen LogP contribution is 2.68. The van der Waals surface area contributed by atoms with Gasteiger partial charge in [-0.3, -0.25) is 0 Å². The predicted molar refractivity (Wildman–Crippen MR) is 125 cm³/mol. The van der Waals surface area contributed by atoms with Crippen molar-refractivity contribution in [3.8, 4) is 0 Å². The number of allylic oxidation sites excluding steroid dienone is 1. The van der Waals surface area contributed by atoms with E-state index in [2.05, 4.69) is 26.8 Å². The van der Waals surface area contributed by atoms with Gasteiger partial charge in [-0.05, 0) is 91.8 Å². The highest BCUT2D eigenvalue weighted by molar-refractivity contribution is 5.28. The third kappa shape index (κ3) is 3.70. The summed E-state index contributed by atoms with van der Waals surface area (Å²) in [5, 5.41) is 21.3. The Balaban J connectivity index is 1.58. The summed E-state index contributed by atoms with van der Waals surface area (Å²) in [6.07, 6.45) is 10.3. The topological polar surface area (TPSA) is 40.5 Å². The average molecular weight is 453 g/mol. The maximum absolute atomic E-state index is 14.2. The van der Waals surface area contributed by atoms with Gasteiger partial charge < -0.3 is 10.2 Å². The molecule has 0 heterocycles. The van der Waals surface area contributed by atoms with Crippen molar-refractivity contribution in [2.75, 3.05) is 6.61 Å². The molecule has 32 heavy (non-hydrogen) atoms. The fourth-order valence-corrected chi connectivity index (χ4v) is 9.27. The van der Waals surface area contributed by atoms with Gasteiger partial charge in [-0.1, -0.05) is 46.3 Å². The molecule has 3 fully saturated rings. The lowest BCUT2D eigenvalue weighted by Crippen LogP contribution is -2.55. The summed E-state index contributed by atoms with van der Waals surface area (Å²) < 4.78 is 28.4. The lowest BCUT2D eigenvalue weighted by molar-refractivity contribution is -0.116. The van der Waals surface area contributed by atoms with Crippen molar-refractivity contribution in [2.45, 2.75) is 110 Å². The Hall–Kier alpha value is -0.480. The van der Waals surface area contributed by atoms with Crippen molar-refractivity contribution in [1.29, 1.82) is 0 Å². The Labute approximate surface area is 194 Å². The van der Waals surface area contributed by atoms with Crippen molar-refractivity contribution in [3.63, 3.8) is 0 Å². The Morgan fingerprint density at radius 2 is 1.88 bits per heavy atom. The number of aliphatic hydroxyl groups excluding tert-OH is 1. The summed E-state index contributed by atoms with van der Waals surface area (Å²) in [6.45, 7) is 10.6. The van der Waals surface area contributed by atoms with Gasteiger partial charge in [0.1, 0.15) is 0 Å². The zero-order chi connectivity index (χ0) is 23.5. The Bertz CT molecular complexity index is 735. The van der Waals surface area contributed by atoms with Crippen molar-refractivity contribution < 1.29 is 19.0 Å². The fraction of sp³-hybridized carbons (Fsp3) is 0.929. The molecule has 2 N–H and O–H groups in total. The lowest BCUT2D eigenvalue weighted by atomic mass is 9.45. The van der Waals surface area contributed by atoms with Crippen LogP contribution < -0.4 is 0 Å². The minimum Gasteiger partial charge on any atom is -0.396 e. The van der Waals surface area contributed by atoms with Crippen LogP contribution in [-0.4, -0.2) is 28.3 Å². The second kappa shape index (κ2) is 8.33. The van der Waals surface area contributed by atoms with Gasteiger partial charge in [0.15, 0.2) is 0 Å². The molecule has 2 nitrogen and oxygen atoms in total. The molecule has 0 spiro atoms. The Morgan fingerprint density at radius 1 is 1.16 bits per heavy atom. The lowest BCUT2D eigenvalue weighted by Gasteiger charge is -2.60. The maximum atomic E-state index is 14.2. The largest absolute Gasteiger partial charge is 0.396 e. The third-order valence-electron chi connectivity index (χ3n) is 11.3. The first-order chi connectivity index (χ1) is 14.9. The summed E-state index contributed by atoms with van der Waals surface area (Å²) in [4.78, 5) is 0. The molecule has 0 aromatic carbocycles. The van der Waals surface area contributed by atoms with E-state index in [9.17, 15) is 19.0 Å². The van der Waals surface area contributed by atoms with Crippen LogP contribution in [0.2, 0.25) is 0 Å². The molecule has 4 rings (SSSR count). The number of rotatable bonds is 6. The van der Waals surface area contributed by atoms with Crippen LogP contribution in [0.4, 0.5) is 8.78 Å². The van der Waals surface area contributed by atoms with Crippen LogP contribution in [0.1, 0.15) is 98.8 Å². The summed E-state index contributed by atoms with van der Waals surface area (Å²) in [5.74, 6) is -0.341. The molecule has 4 aliphatic carbocycles. The van der Waals surface area contributed by atoms with E-state index in [1.54, 1.807) is 6.92 Å². The molecule has 9 atom stereocenters. The number of aliphatic hydroxyl groups is 2. The van der Waals surface area contributed by atoms with Crippen LogP contribution >= 0.6 is 0 Å². The van der Waals surface area contributed by atoms with E-state index in [4.69, 9.17) is 0 Å². The normalized spacial score (nSPS) is 47.3. The number of halogens is 2. The summed E-state index contributed by atoms with van der Waals surface area (Å²) in [5.41, 5.74) is 0.857. The average Bonchev–Trinajstić information content (AvgIpc) is 3.11. The van der Waals surface area contributed by atoms with Gasteiger partial charge >= 0.3 is 0 Å². The van der Waals surface area contributed by atoms with Crippen molar-refractivity contribution in [2.24, 2.45) is 46.3 Å². The van der Waals surface area contributed by atoms with E-state index in [-0.39, 0.29) is 42.1 Å². The smallest absolute Gasteiger partial charge is 0.248 e. The van der Waals surface area contributed by atoms with Gasteiger partial charge in [0.25, 0.3) is 0 Å². The van der Waals surface area contributed by atoms with Crippen molar-refractivity contribution >= 4 is 0 Å². The number of fused-ring (bicyclic) bond motifs is 5. The Morgan fingerprint density at radius 3 is 2.50 bits per heavy atom. The number of alkyl halides is 2. The highest BCUT2D eigenvalue weighted by Gasteiger charge is 2.61. The summed E-state index contributed by atoms with van der Waals surface area (Å²) in [6, 6.07) is 0. The monoisotopic (exact) mass is 452 g/mol. The van der Waals surface area contributed by atoms with Gasteiger partial charge in [0.2, 0.25) is 5.92 Å². The van der Waals surface area contributed by atoms with E-state index in [0.717, 1.165) is 32.1 Å². The molecule has 0 saturated heterocycles. The molecule has 0 aromatic heterocycles. The van der Waals surface area contributed by atoms with Crippen molar-refractivity contribution in [3.05, 3.63) is 11.6 Å². The van der Waals surface area contributed by atoms with Gasteiger partial charge in [0, 0.05) is 25.4 Å². The SMILES string of the molecule is CCC(F)(F)C[C@@H](C)[C@H]1CC[C@H]2[C@@H]3CC=C4C[C@](O)(CC)[C@@H](CO)C[C@]4(C)[C@H]3CC[C@]12C. The van der Waals surface area contributed by atoms with Crippen molar-refractivity contribution in [1.82, 2.24) is 0 Å². The van der Waals surface area contributed by atoms with Gasteiger partial charge in [-0.2, -0.15) is 0 Å². The third-order valence-corrected chi connectivity index (χ3v) is 11.3. The van der Waals surface area contributed by atoms with Crippen LogP contribution in [0.25, 0.3) is 0 Å². The maximum Gasteiger partial charge on any atom is 0.248 e.